The normalized spacial score (nSPS) is 23.1. The molecular weight excluding hydrogens is 200 g/mol. The highest BCUT2D eigenvalue weighted by Crippen LogP contribution is 2.27. The van der Waals surface area contributed by atoms with Crippen molar-refractivity contribution in [2.45, 2.75) is 32.1 Å². The zero-order valence-electron chi connectivity index (χ0n) is 8.61. The molecule has 0 spiro atoms. The lowest BCUT2D eigenvalue weighted by atomic mass is 10.1. The summed E-state index contributed by atoms with van der Waals surface area (Å²) in [6.07, 6.45) is 1.92. The maximum absolute atomic E-state index is 11.6. The van der Waals surface area contributed by atoms with Crippen LogP contribution in [0.25, 0.3) is 0 Å². The summed E-state index contributed by atoms with van der Waals surface area (Å²) in [5.41, 5.74) is 0.512. The molecule has 0 unspecified atom stereocenters. The number of fused-ring (bicyclic) bond motifs is 1. The van der Waals surface area contributed by atoms with E-state index in [1.54, 1.807) is 0 Å². The van der Waals surface area contributed by atoms with E-state index in [-0.39, 0.29) is 17.0 Å². The standard InChI is InChI=1S/C9H14N2O2S/c1-7-4-11-8(10-7)5-14(12,13)6-9(11,2)3/h4H,5-6H2,1-3H3. The third-order valence-electron chi connectivity index (χ3n) is 2.47. The molecule has 14 heavy (non-hydrogen) atoms. The van der Waals surface area contributed by atoms with E-state index in [1.165, 1.54) is 0 Å². The van der Waals surface area contributed by atoms with E-state index in [0.29, 0.717) is 5.82 Å². The Balaban J connectivity index is 2.63. The van der Waals surface area contributed by atoms with Crippen molar-refractivity contribution in [1.82, 2.24) is 9.55 Å². The third-order valence-corrected chi connectivity index (χ3v) is 4.32. The maximum atomic E-state index is 11.6. The van der Waals surface area contributed by atoms with E-state index in [0.717, 1.165) is 5.69 Å². The van der Waals surface area contributed by atoms with Crippen LogP contribution in [0.2, 0.25) is 0 Å². The number of imidazole rings is 1. The Kier molecular flexibility index (Phi) is 1.80. The van der Waals surface area contributed by atoms with Crippen LogP contribution in [0.1, 0.15) is 25.4 Å². The molecule has 0 bridgehead atoms. The van der Waals surface area contributed by atoms with Crippen LogP contribution in [-0.4, -0.2) is 23.7 Å². The first-order chi connectivity index (χ1) is 6.30. The fourth-order valence-corrected chi connectivity index (χ4v) is 3.94. The van der Waals surface area contributed by atoms with Gasteiger partial charge in [-0.15, -0.1) is 0 Å². The second-order valence-electron chi connectivity index (χ2n) is 4.51. The molecule has 1 aliphatic rings. The molecule has 0 saturated heterocycles. The van der Waals surface area contributed by atoms with Gasteiger partial charge in [-0.25, -0.2) is 13.4 Å². The zero-order chi connectivity index (χ0) is 10.6. The highest BCUT2D eigenvalue weighted by molar-refractivity contribution is 7.90. The molecule has 0 amide bonds. The van der Waals surface area contributed by atoms with E-state index in [2.05, 4.69) is 4.98 Å². The Morgan fingerprint density at radius 1 is 1.50 bits per heavy atom. The van der Waals surface area contributed by atoms with Gasteiger partial charge in [0.15, 0.2) is 9.84 Å². The highest BCUT2D eigenvalue weighted by atomic mass is 32.2. The zero-order valence-corrected chi connectivity index (χ0v) is 9.43. The van der Waals surface area contributed by atoms with Gasteiger partial charge in [-0.3, -0.25) is 0 Å². The first-order valence-corrected chi connectivity index (χ1v) is 6.38. The number of aromatic nitrogens is 2. The maximum Gasteiger partial charge on any atom is 0.159 e. The molecule has 5 heteroatoms. The van der Waals surface area contributed by atoms with Crippen molar-refractivity contribution in [3.05, 3.63) is 17.7 Å². The number of aryl methyl sites for hydroxylation is 1. The van der Waals surface area contributed by atoms with Crippen LogP contribution in [0.4, 0.5) is 0 Å². The molecule has 4 nitrogen and oxygen atoms in total. The van der Waals surface area contributed by atoms with Gasteiger partial charge < -0.3 is 4.57 Å². The Morgan fingerprint density at radius 2 is 2.14 bits per heavy atom. The fraction of sp³-hybridized carbons (Fsp3) is 0.667. The quantitative estimate of drug-likeness (QED) is 0.643. The monoisotopic (exact) mass is 214 g/mol. The number of rotatable bonds is 0. The van der Waals surface area contributed by atoms with E-state index in [9.17, 15) is 8.42 Å². The Hall–Kier alpha value is -0.840. The summed E-state index contributed by atoms with van der Waals surface area (Å²) in [6.45, 7) is 5.73. The molecule has 0 aromatic carbocycles. The molecule has 0 saturated carbocycles. The lowest BCUT2D eigenvalue weighted by Gasteiger charge is -2.32. The summed E-state index contributed by atoms with van der Waals surface area (Å²) >= 11 is 0. The van der Waals surface area contributed by atoms with Crippen molar-refractivity contribution in [3.63, 3.8) is 0 Å². The predicted octanol–water partition coefficient (Wildman–Crippen LogP) is 0.855. The van der Waals surface area contributed by atoms with E-state index in [4.69, 9.17) is 0 Å². The van der Waals surface area contributed by atoms with Crippen LogP contribution in [-0.2, 0) is 21.1 Å². The minimum absolute atomic E-state index is 0.0737. The van der Waals surface area contributed by atoms with Gasteiger partial charge >= 0.3 is 0 Å². The molecule has 0 atom stereocenters. The van der Waals surface area contributed by atoms with Crippen molar-refractivity contribution < 1.29 is 8.42 Å². The molecule has 2 rings (SSSR count). The van der Waals surface area contributed by atoms with E-state index in [1.807, 2.05) is 31.5 Å². The van der Waals surface area contributed by atoms with Crippen molar-refractivity contribution in [1.29, 1.82) is 0 Å². The lowest BCUT2D eigenvalue weighted by Crippen LogP contribution is -2.40. The topological polar surface area (TPSA) is 52.0 Å². The van der Waals surface area contributed by atoms with Gasteiger partial charge in [0.1, 0.15) is 11.6 Å². The SMILES string of the molecule is Cc1cn2c(n1)CS(=O)(=O)CC2(C)C. The second-order valence-corrected chi connectivity index (χ2v) is 6.58. The van der Waals surface area contributed by atoms with Crippen LogP contribution < -0.4 is 0 Å². The molecule has 0 N–H and O–H groups in total. The highest BCUT2D eigenvalue weighted by Gasteiger charge is 2.36. The molecule has 78 valence electrons. The Morgan fingerprint density at radius 3 is 2.79 bits per heavy atom. The predicted molar refractivity (Wildman–Crippen MR) is 53.8 cm³/mol. The number of sulfone groups is 1. The summed E-state index contributed by atoms with van der Waals surface area (Å²) in [5.74, 6) is 0.936. The van der Waals surface area contributed by atoms with Gasteiger partial charge in [-0.1, -0.05) is 0 Å². The van der Waals surface area contributed by atoms with Crippen molar-refractivity contribution in [3.8, 4) is 0 Å². The number of hydrogen-bond donors (Lipinski definition) is 0. The van der Waals surface area contributed by atoms with Crippen molar-refractivity contribution in [2.24, 2.45) is 0 Å². The largest absolute Gasteiger partial charge is 0.327 e. The first kappa shape index (κ1) is 9.71. The molecule has 2 heterocycles. The summed E-state index contributed by atoms with van der Waals surface area (Å²) < 4.78 is 25.1. The minimum atomic E-state index is -2.97. The van der Waals surface area contributed by atoms with Crippen LogP contribution in [0, 0.1) is 6.92 Å². The second kappa shape index (κ2) is 2.59. The van der Waals surface area contributed by atoms with Crippen LogP contribution in [0.5, 0.6) is 0 Å². The lowest BCUT2D eigenvalue weighted by molar-refractivity contribution is 0.373. The van der Waals surface area contributed by atoms with E-state index < -0.39 is 9.84 Å². The molecule has 0 radical (unpaired) electrons. The van der Waals surface area contributed by atoms with Crippen molar-refractivity contribution >= 4 is 9.84 Å². The average molecular weight is 214 g/mol. The molecule has 0 aliphatic carbocycles. The molecule has 0 fully saturated rings. The average Bonchev–Trinajstić information content (AvgIpc) is 2.25. The van der Waals surface area contributed by atoms with Gasteiger partial charge in [-0.2, -0.15) is 0 Å². The Labute approximate surface area is 83.9 Å². The summed E-state index contributed by atoms with van der Waals surface area (Å²) in [4.78, 5) is 4.23. The summed E-state index contributed by atoms with van der Waals surface area (Å²) in [5, 5.41) is 0. The van der Waals surface area contributed by atoms with Crippen LogP contribution in [0.3, 0.4) is 0 Å². The summed E-state index contributed by atoms with van der Waals surface area (Å²) in [6, 6.07) is 0. The Bertz CT molecular complexity index is 471. The van der Waals surface area contributed by atoms with Gasteiger partial charge in [0.05, 0.1) is 17.0 Å². The van der Waals surface area contributed by atoms with Gasteiger partial charge in [0.25, 0.3) is 0 Å². The van der Waals surface area contributed by atoms with Gasteiger partial charge in [0.2, 0.25) is 0 Å². The fourth-order valence-electron chi connectivity index (χ4n) is 2.03. The molecule has 1 aromatic heterocycles. The van der Waals surface area contributed by atoms with Crippen LogP contribution >= 0.6 is 0 Å². The smallest absolute Gasteiger partial charge is 0.159 e. The van der Waals surface area contributed by atoms with E-state index >= 15 is 0 Å². The first-order valence-electron chi connectivity index (χ1n) is 4.56. The molecule has 1 aliphatic heterocycles. The van der Waals surface area contributed by atoms with Gasteiger partial charge in [-0.05, 0) is 20.8 Å². The molecule has 1 aromatic rings. The van der Waals surface area contributed by atoms with Gasteiger partial charge in [0, 0.05) is 6.20 Å². The number of nitrogens with zero attached hydrogens (tertiary/aromatic N) is 2. The summed E-state index contributed by atoms with van der Waals surface area (Å²) in [7, 11) is -2.97. The van der Waals surface area contributed by atoms with Crippen LogP contribution in [0.15, 0.2) is 6.20 Å². The third kappa shape index (κ3) is 1.45. The molecular formula is C9H14N2O2S. The number of hydrogen-bond acceptors (Lipinski definition) is 3. The minimum Gasteiger partial charge on any atom is -0.327 e. The van der Waals surface area contributed by atoms with Crippen molar-refractivity contribution in [2.75, 3.05) is 5.75 Å².